The van der Waals surface area contributed by atoms with Crippen LogP contribution in [0.1, 0.15) is 31.7 Å². The van der Waals surface area contributed by atoms with E-state index in [1.54, 1.807) is 0 Å². The molecule has 1 rings (SSSR count). The van der Waals surface area contributed by atoms with Gasteiger partial charge in [-0.05, 0) is 12.3 Å². The molecule has 1 heterocycles. The second-order valence-corrected chi connectivity index (χ2v) is 3.44. The van der Waals surface area contributed by atoms with E-state index >= 15 is 0 Å². The largest absolute Gasteiger partial charge is 0.281 e. The van der Waals surface area contributed by atoms with Gasteiger partial charge in [-0.15, -0.1) is 5.10 Å². The van der Waals surface area contributed by atoms with Gasteiger partial charge in [-0.2, -0.15) is 0 Å². The molecular formula is C8H13F2N3. The van der Waals surface area contributed by atoms with Crippen LogP contribution in [0, 0.1) is 5.92 Å². The summed E-state index contributed by atoms with van der Waals surface area (Å²) in [6, 6.07) is 0. The Morgan fingerprint density at radius 2 is 2.00 bits per heavy atom. The van der Waals surface area contributed by atoms with E-state index in [0.29, 0.717) is 18.0 Å². The molecule has 13 heavy (non-hydrogen) atoms. The number of hydrogen-bond donors (Lipinski definition) is 0. The zero-order valence-corrected chi connectivity index (χ0v) is 7.96. The maximum absolute atomic E-state index is 12.5. The van der Waals surface area contributed by atoms with Crippen LogP contribution in [-0.2, 0) is 13.5 Å². The molecule has 5 heteroatoms. The van der Waals surface area contributed by atoms with Gasteiger partial charge in [0.1, 0.15) is 5.69 Å². The molecular weight excluding hydrogens is 176 g/mol. The van der Waals surface area contributed by atoms with Crippen LogP contribution in [-0.4, -0.2) is 15.0 Å². The fraction of sp³-hybridized carbons (Fsp3) is 0.750. The number of halogens is 2. The maximum Gasteiger partial charge on any atom is 0.281 e. The van der Waals surface area contributed by atoms with Crippen molar-refractivity contribution in [3.05, 3.63) is 11.4 Å². The lowest BCUT2D eigenvalue weighted by molar-refractivity contribution is 0.139. The van der Waals surface area contributed by atoms with Crippen LogP contribution in [0.25, 0.3) is 0 Å². The predicted molar refractivity (Wildman–Crippen MR) is 44.5 cm³/mol. The highest BCUT2D eigenvalue weighted by atomic mass is 19.3. The molecule has 3 nitrogen and oxygen atoms in total. The second-order valence-electron chi connectivity index (χ2n) is 3.44. The van der Waals surface area contributed by atoms with E-state index in [1.807, 2.05) is 13.8 Å². The molecule has 0 spiro atoms. The molecule has 0 N–H and O–H groups in total. The van der Waals surface area contributed by atoms with Gasteiger partial charge in [0.05, 0.1) is 5.69 Å². The molecule has 74 valence electrons. The lowest BCUT2D eigenvalue weighted by Crippen LogP contribution is -2.03. The molecule has 0 aliphatic carbocycles. The minimum absolute atomic E-state index is 0.0614. The van der Waals surface area contributed by atoms with Crippen LogP contribution in [0.15, 0.2) is 0 Å². The lowest BCUT2D eigenvalue weighted by atomic mass is 10.1. The molecule has 0 radical (unpaired) electrons. The molecule has 0 unspecified atom stereocenters. The van der Waals surface area contributed by atoms with E-state index in [4.69, 9.17) is 0 Å². The van der Waals surface area contributed by atoms with E-state index in [9.17, 15) is 8.78 Å². The smallest absolute Gasteiger partial charge is 0.246 e. The second kappa shape index (κ2) is 3.81. The minimum Gasteiger partial charge on any atom is -0.246 e. The van der Waals surface area contributed by atoms with Crippen molar-refractivity contribution in [3.63, 3.8) is 0 Å². The normalized spacial score (nSPS) is 11.6. The van der Waals surface area contributed by atoms with Crippen molar-refractivity contribution in [3.8, 4) is 0 Å². The summed E-state index contributed by atoms with van der Waals surface area (Å²) in [5, 5.41) is 7.29. The zero-order valence-electron chi connectivity index (χ0n) is 7.96. The quantitative estimate of drug-likeness (QED) is 0.727. The standard InChI is InChI=1S/C8H13F2N3/c1-5(2)4-6-7(8(9)10)13(3)12-11-6/h5,8H,4H2,1-3H3. The summed E-state index contributed by atoms with van der Waals surface area (Å²) in [5.41, 5.74) is 0.348. The molecule has 0 saturated heterocycles. The summed E-state index contributed by atoms with van der Waals surface area (Å²) in [4.78, 5) is 0. The van der Waals surface area contributed by atoms with Crippen molar-refractivity contribution in [1.82, 2.24) is 15.0 Å². The summed E-state index contributed by atoms with van der Waals surface area (Å²) in [7, 11) is 1.48. The van der Waals surface area contributed by atoms with E-state index < -0.39 is 6.43 Å². The number of rotatable bonds is 3. The van der Waals surface area contributed by atoms with Gasteiger partial charge in [0.15, 0.2) is 0 Å². The number of aryl methyl sites for hydroxylation is 1. The lowest BCUT2D eigenvalue weighted by Gasteiger charge is -2.04. The number of alkyl halides is 2. The first-order valence-corrected chi connectivity index (χ1v) is 4.19. The number of aromatic nitrogens is 3. The average molecular weight is 189 g/mol. The van der Waals surface area contributed by atoms with Gasteiger partial charge in [0.25, 0.3) is 6.43 Å². The van der Waals surface area contributed by atoms with Crippen molar-refractivity contribution in [2.24, 2.45) is 13.0 Å². The molecule has 0 bridgehead atoms. The molecule has 0 atom stereocenters. The van der Waals surface area contributed by atoms with Crippen molar-refractivity contribution < 1.29 is 8.78 Å². The fourth-order valence-electron chi connectivity index (χ4n) is 1.21. The third-order valence-corrected chi connectivity index (χ3v) is 1.75. The van der Waals surface area contributed by atoms with E-state index in [2.05, 4.69) is 10.3 Å². The summed E-state index contributed by atoms with van der Waals surface area (Å²) in [6.45, 7) is 3.92. The topological polar surface area (TPSA) is 30.7 Å². The zero-order chi connectivity index (χ0) is 10.0. The van der Waals surface area contributed by atoms with Gasteiger partial charge in [0.2, 0.25) is 0 Å². The Labute approximate surface area is 75.7 Å². The van der Waals surface area contributed by atoms with Crippen molar-refractivity contribution >= 4 is 0 Å². The molecule has 0 amide bonds. The summed E-state index contributed by atoms with van der Waals surface area (Å²) in [5.74, 6) is 0.314. The van der Waals surface area contributed by atoms with Crippen LogP contribution >= 0.6 is 0 Å². The summed E-state index contributed by atoms with van der Waals surface area (Å²) >= 11 is 0. The van der Waals surface area contributed by atoms with Gasteiger partial charge in [-0.1, -0.05) is 19.1 Å². The van der Waals surface area contributed by atoms with Crippen LogP contribution in [0.2, 0.25) is 0 Å². The monoisotopic (exact) mass is 189 g/mol. The van der Waals surface area contributed by atoms with Crippen molar-refractivity contribution in [1.29, 1.82) is 0 Å². The average Bonchev–Trinajstić information content (AvgIpc) is 2.30. The Morgan fingerprint density at radius 1 is 1.38 bits per heavy atom. The molecule has 1 aromatic heterocycles. The predicted octanol–water partition coefficient (Wildman–Crippen LogP) is 1.95. The van der Waals surface area contributed by atoms with Gasteiger partial charge in [-0.25, -0.2) is 13.5 Å². The van der Waals surface area contributed by atoms with E-state index in [-0.39, 0.29) is 5.69 Å². The van der Waals surface area contributed by atoms with Crippen molar-refractivity contribution in [2.75, 3.05) is 0 Å². The summed E-state index contributed by atoms with van der Waals surface area (Å²) < 4.78 is 26.1. The third kappa shape index (κ3) is 2.23. The molecule has 0 aliphatic heterocycles. The number of hydrogen-bond acceptors (Lipinski definition) is 2. The van der Waals surface area contributed by atoms with E-state index in [1.165, 1.54) is 7.05 Å². The Balaban J connectivity index is 2.94. The highest BCUT2D eigenvalue weighted by Gasteiger charge is 2.20. The van der Waals surface area contributed by atoms with Gasteiger partial charge in [-0.3, -0.25) is 0 Å². The highest BCUT2D eigenvalue weighted by Crippen LogP contribution is 2.22. The van der Waals surface area contributed by atoms with Crippen LogP contribution in [0.4, 0.5) is 8.78 Å². The maximum atomic E-state index is 12.5. The Kier molecular flexibility index (Phi) is 2.95. The Morgan fingerprint density at radius 3 is 2.46 bits per heavy atom. The first-order valence-electron chi connectivity index (χ1n) is 4.19. The van der Waals surface area contributed by atoms with Crippen molar-refractivity contribution in [2.45, 2.75) is 26.7 Å². The molecule has 0 aliphatic rings. The van der Waals surface area contributed by atoms with Gasteiger partial charge >= 0.3 is 0 Å². The fourth-order valence-corrected chi connectivity index (χ4v) is 1.21. The molecule has 0 saturated carbocycles. The first kappa shape index (κ1) is 10.1. The van der Waals surface area contributed by atoms with E-state index in [0.717, 1.165) is 4.68 Å². The highest BCUT2D eigenvalue weighted by molar-refractivity contribution is 5.11. The van der Waals surface area contributed by atoms with Crippen LogP contribution in [0.5, 0.6) is 0 Å². The first-order chi connectivity index (χ1) is 6.02. The van der Waals surface area contributed by atoms with Gasteiger partial charge in [0, 0.05) is 7.05 Å². The molecule has 1 aromatic rings. The number of nitrogens with zero attached hydrogens (tertiary/aromatic N) is 3. The third-order valence-electron chi connectivity index (χ3n) is 1.75. The molecule has 0 fully saturated rings. The Hall–Kier alpha value is -1.00. The van der Waals surface area contributed by atoms with Crippen LogP contribution < -0.4 is 0 Å². The molecule has 0 aromatic carbocycles. The van der Waals surface area contributed by atoms with Crippen LogP contribution in [0.3, 0.4) is 0 Å². The summed E-state index contributed by atoms with van der Waals surface area (Å²) in [6.07, 6.45) is -1.94. The minimum atomic E-state index is -2.49. The van der Waals surface area contributed by atoms with Gasteiger partial charge < -0.3 is 0 Å². The Bertz CT molecular complexity index is 281. The SMILES string of the molecule is CC(C)Cc1nnn(C)c1C(F)F.